The number of rotatable bonds is 2. The largest absolute Gasteiger partial charge is 0.372 e. The predicted molar refractivity (Wildman–Crippen MR) is 81.0 cm³/mol. The zero-order chi connectivity index (χ0) is 16.5. The van der Waals surface area contributed by atoms with Crippen molar-refractivity contribution in [2.45, 2.75) is 45.4 Å². The van der Waals surface area contributed by atoms with Crippen molar-refractivity contribution in [2.75, 3.05) is 31.1 Å². The van der Waals surface area contributed by atoms with Gasteiger partial charge in [-0.3, -0.25) is 9.59 Å². The number of morpholine rings is 1. The normalized spacial score (nSPS) is 31.0. The molecule has 22 heavy (non-hydrogen) atoms. The summed E-state index contributed by atoms with van der Waals surface area (Å²) in [5.74, 6) is -1.13. The number of amides is 2. The van der Waals surface area contributed by atoms with E-state index >= 15 is 0 Å². The summed E-state index contributed by atoms with van der Waals surface area (Å²) in [6.45, 7) is 6.59. The molecule has 0 aromatic carbocycles. The number of nitrogens with zero attached hydrogens (tertiary/aromatic N) is 2. The fourth-order valence-corrected chi connectivity index (χ4v) is 4.92. The molecular formula is C14H24N2O5S. The van der Waals surface area contributed by atoms with Crippen LogP contribution in [0.3, 0.4) is 0 Å². The number of carbonyl (C=O) groups excluding carboxylic acids is 2. The van der Waals surface area contributed by atoms with Crippen LogP contribution in [0.15, 0.2) is 0 Å². The molecule has 126 valence electrons. The highest BCUT2D eigenvalue weighted by atomic mass is 32.2. The van der Waals surface area contributed by atoms with Gasteiger partial charge in [0.1, 0.15) is 0 Å². The molecule has 3 atom stereocenters. The number of carbonyl (C=O) groups is 2. The third-order valence-corrected chi connectivity index (χ3v) is 5.89. The smallest absolute Gasteiger partial charge is 0.312 e. The lowest BCUT2D eigenvalue weighted by molar-refractivity contribution is -0.159. The summed E-state index contributed by atoms with van der Waals surface area (Å²) in [4.78, 5) is 27.8. The molecule has 2 fully saturated rings. The third kappa shape index (κ3) is 3.78. The van der Waals surface area contributed by atoms with E-state index in [0.717, 1.165) is 0 Å². The van der Waals surface area contributed by atoms with Crippen LogP contribution in [0.5, 0.6) is 0 Å². The minimum absolute atomic E-state index is 0.0459. The Labute approximate surface area is 131 Å². The minimum Gasteiger partial charge on any atom is -0.372 e. The summed E-state index contributed by atoms with van der Waals surface area (Å²) in [7, 11) is -3.09. The summed E-state index contributed by atoms with van der Waals surface area (Å²) < 4.78 is 28.7. The number of hydrogen-bond acceptors (Lipinski definition) is 5. The van der Waals surface area contributed by atoms with Gasteiger partial charge in [-0.25, -0.2) is 8.42 Å². The molecule has 0 spiro atoms. The van der Waals surface area contributed by atoms with Crippen LogP contribution in [0.1, 0.15) is 27.2 Å². The number of sulfone groups is 1. The van der Waals surface area contributed by atoms with Crippen LogP contribution < -0.4 is 0 Å². The Morgan fingerprint density at radius 3 is 2.27 bits per heavy atom. The summed E-state index contributed by atoms with van der Waals surface area (Å²) in [6.07, 6.45) is 0.190. The Morgan fingerprint density at radius 1 is 1.23 bits per heavy atom. The molecular weight excluding hydrogens is 308 g/mol. The minimum atomic E-state index is -3.09. The Bertz CT molecular complexity index is 537. The zero-order valence-corrected chi connectivity index (χ0v) is 14.1. The molecule has 0 saturated carbocycles. The van der Waals surface area contributed by atoms with Gasteiger partial charge < -0.3 is 14.5 Å². The maximum Gasteiger partial charge on any atom is 0.312 e. The molecule has 0 aromatic rings. The highest BCUT2D eigenvalue weighted by Gasteiger charge is 2.38. The predicted octanol–water partition coefficient (Wildman–Crippen LogP) is -0.342. The van der Waals surface area contributed by atoms with Crippen LogP contribution in [-0.2, 0) is 24.2 Å². The Kier molecular flexibility index (Phi) is 5.11. The van der Waals surface area contributed by atoms with Crippen LogP contribution in [0.2, 0.25) is 0 Å². The second-order valence-corrected chi connectivity index (χ2v) is 8.34. The maximum atomic E-state index is 12.5. The molecule has 2 aliphatic rings. The van der Waals surface area contributed by atoms with Crippen molar-refractivity contribution in [3.63, 3.8) is 0 Å². The first-order chi connectivity index (χ1) is 10.2. The second-order valence-electron chi connectivity index (χ2n) is 6.12. The van der Waals surface area contributed by atoms with Gasteiger partial charge in [0.25, 0.3) is 0 Å². The SMILES string of the molecule is CCN(C(=O)C(=O)N1CC(C)OC(C)C1)C1CCS(=O)(=O)C1. The molecule has 0 N–H and O–H groups in total. The molecule has 2 saturated heterocycles. The summed E-state index contributed by atoms with van der Waals surface area (Å²) in [5, 5.41) is 0. The van der Waals surface area contributed by atoms with Crippen molar-refractivity contribution in [2.24, 2.45) is 0 Å². The average Bonchev–Trinajstić information content (AvgIpc) is 2.77. The fraction of sp³-hybridized carbons (Fsp3) is 0.857. The molecule has 2 aliphatic heterocycles. The van der Waals surface area contributed by atoms with E-state index < -0.39 is 21.7 Å². The van der Waals surface area contributed by atoms with Crippen LogP contribution in [0.4, 0.5) is 0 Å². The van der Waals surface area contributed by atoms with Gasteiger partial charge in [0.05, 0.1) is 23.7 Å². The first kappa shape index (κ1) is 17.2. The van der Waals surface area contributed by atoms with Gasteiger partial charge in [-0.05, 0) is 27.2 Å². The first-order valence-electron chi connectivity index (χ1n) is 7.69. The lowest BCUT2D eigenvalue weighted by Gasteiger charge is -2.36. The lowest BCUT2D eigenvalue weighted by atomic mass is 10.2. The Morgan fingerprint density at radius 2 is 1.82 bits per heavy atom. The standard InChI is InChI=1S/C14H24N2O5S/c1-4-16(12-5-6-22(19,20)9-12)14(18)13(17)15-7-10(2)21-11(3)8-15/h10-12H,4-9H2,1-3H3. The van der Waals surface area contributed by atoms with Crippen molar-refractivity contribution < 1.29 is 22.7 Å². The van der Waals surface area contributed by atoms with E-state index in [9.17, 15) is 18.0 Å². The lowest BCUT2D eigenvalue weighted by Crippen LogP contribution is -2.55. The number of likely N-dealkylation sites (N-methyl/N-ethyl adjacent to an activating group) is 1. The molecule has 0 aromatic heterocycles. The topological polar surface area (TPSA) is 84.0 Å². The van der Waals surface area contributed by atoms with Crippen LogP contribution in [0, 0.1) is 0 Å². The van der Waals surface area contributed by atoms with E-state index in [1.54, 1.807) is 6.92 Å². The number of ether oxygens (including phenoxy) is 1. The molecule has 3 unspecified atom stereocenters. The molecule has 8 heteroatoms. The quantitative estimate of drug-likeness (QED) is 0.646. The second kappa shape index (κ2) is 6.54. The van der Waals surface area contributed by atoms with Gasteiger partial charge in [0, 0.05) is 25.7 Å². The van der Waals surface area contributed by atoms with Crippen molar-refractivity contribution in [1.82, 2.24) is 9.80 Å². The van der Waals surface area contributed by atoms with Gasteiger partial charge >= 0.3 is 11.8 Å². The Balaban J connectivity index is 2.06. The van der Waals surface area contributed by atoms with Gasteiger partial charge in [0.2, 0.25) is 0 Å². The van der Waals surface area contributed by atoms with Gasteiger partial charge in [-0.2, -0.15) is 0 Å². The summed E-state index contributed by atoms with van der Waals surface area (Å²) >= 11 is 0. The highest BCUT2D eigenvalue weighted by molar-refractivity contribution is 7.91. The zero-order valence-electron chi connectivity index (χ0n) is 13.3. The first-order valence-corrected chi connectivity index (χ1v) is 9.51. The summed E-state index contributed by atoms with van der Waals surface area (Å²) in [5.41, 5.74) is 0. The van der Waals surface area contributed by atoms with Crippen molar-refractivity contribution in [1.29, 1.82) is 0 Å². The van der Waals surface area contributed by atoms with E-state index in [-0.39, 0.29) is 29.8 Å². The van der Waals surface area contributed by atoms with Crippen molar-refractivity contribution in [3.8, 4) is 0 Å². The molecule has 7 nitrogen and oxygen atoms in total. The van der Waals surface area contributed by atoms with Crippen LogP contribution in [-0.4, -0.2) is 79.4 Å². The van der Waals surface area contributed by atoms with Crippen LogP contribution in [0.25, 0.3) is 0 Å². The van der Waals surface area contributed by atoms with E-state index in [2.05, 4.69) is 0 Å². The molecule has 2 rings (SSSR count). The van der Waals surface area contributed by atoms with Crippen molar-refractivity contribution in [3.05, 3.63) is 0 Å². The maximum absolute atomic E-state index is 12.5. The summed E-state index contributed by atoms with van der Waals surface area (Å²) in [6, 6.07) is -0.387. The van der Waals surface area contributed by atoms with Crippen LogP contribution >= 0.6 is 0 Å². The van der Waals surface area contributed by atoms with Crippen molar-refractivity contribution >= 4 is 21.7 Å². The van der Waals surface area contributed by atoms with E-state index in [4.69, 9.17) is 4.74 Å². The molecule has 0 bridgehead atoms. The highest BCUT2D eigenvalue weighted by Crippen LogP contribution is 2.19. The third-order valence-electron chi connectivity index (χ3n) is 4.14. The molecule has 2 heterocycles. The van der Waals surface area contributed by atoms with Gasteiger partial charge in [0.15, 0.2) is 9.84 Å². The van der Waals surface area contributed by atoms with Gasteiger partial charge in [-0.15, -0.1) is 0 Å². The fourth-order valence-electron chi connectivity index (χ4n) is 3.19. The monoisotopic (exact) mass is 332 g/mol. The number of hydrogen-bond donors (Lipinski definition) is 0. The van der Waals surface area contributed by atoms with Gasteiger partial charge in [-0.1, -0.05) is 0 Å². The van der Waals surface area contributed by atoms with E-state index in [0.29, 0.717) is 26.1 Å². The Hall–Kier alpha value is -1.15. The van der Waals surface area contributed by atoms with E-state index in [1.165, 1.54) is 9.80 Å². The van der Waals surface area contributed by atoms with E-state index in [1.807, 2.05) is 13.8 Å². The average molecular weight is 332 g/mol. The molecule has 0 radical (unpaired) electrons. The molecule has 0 aliphatic carbocycles. The molecule has 2 amide bonds.